The van der Waals surface area contributed by atoms with E-state index in [0.717, 1.165) is 13.1 Å². The van der Waals surface area contributed by atoms with Gasteiger partial charge < -0.3 is 5.32 Å². The second-order valence-corrected chi connectivity index (χ2v) is 7.48. The maximum atomic E-state index is 3.65. The maximum Gasteiger partial charge on any atom is 0.0225 e. The van der Waals surface area contributed by atoms with Crippen LogP contribution in [-0.4, -0.2) is 24.1 Å². The summed E-state index contributed by atoms with van der Waals surface area (Å²) >= 11 is 1.91. The SMILES string of the molecule is CSC(C)(C)CNCC(c1ccccc1)c1ccccc1. The summed E-state index contributed by atoms with van der Waals surface area (Å²) in [4.78, 5) is 0. The lowest BCUT2D eigenvalue weighted by atomic mass is 9.91. The summed E-state index contributed by atoms with van der Waals surface area (Å²) in [5, 5.41) is 3.65. The first-order chi connectivity index (χ1) is 10.1. The Morgan fingerprint density at radius 1 is 0.905 bits per heavy atom. The molecule has 0 atom stereocenters. The molecule has 0 radical (unpaired) electrons. The average Bonchev–Trinajstić information content (AvgIpc) is 2.53. The number of benzene rings is 2. The van der Waals surface area contributed by atoms with Gasteiger partial charge in [0, 0.05) is 23.8 Å². The van der Waals surface area contributed by atoms with Crippen molar-refractivity contribution >= 4 is 11.8 Å². The fourth-order valence-corrected chi connectivity index (χ4v) is 2.63. The molecule has 0 bridgehead atoms. The van der Waals surface area contributed by atoms with Crippen LogP contribution < -0.4 is 5.32 Å². The van der Waals surface area contributed by atoms with Gasteiger partial charge in [-0.3, -0.25) is 0 Å². The molecule has 0 aliphatic carbocycles. The number of hydrogen-bond acceptors (Lipinski definition) is 2. The molecule has 0 amide bonds. The van der Waals surface area contributed by atoms with Crippen LogP contribution in [-0.2, 0) is 0 Å². The molecule has 0 aromatic heterocycles. The van der Waals surface area contributed by atoms with Gasteiger partial charge in [0.05, 0.1) is 0 Å². The zero-order chi connectivity index (χ0) is 15.1. The minimum atomic E-state index is 0.276. The molecule has 0 saturated carbocycles. The minimum absolute atomic E-state index is 0.276. The smallest absolute Gasteiger partial charge is 0.0225 e. The molecule has 0 saturated heterocycles. The standard InChI is InChI=1S/C19H25NS/c1-19(2,21-3)15-20-14-18(16-10-6-4-7-11-16)17-12-8-5-9-13-17/h4-13,18,20H,14-15H2,1-3H3. The van der Waals surface area contributed by atoms with Crippen LogP contribution in [0, 0.1) is 0 Å². The summed E-state index contributed by atoms with van der Waals surface area (Å²) in [6.45, 7) is 6.55. The highest BCUT2D eigenvalue weighted by molar-refractivity contribution is 7.99. The Labute approximate surface area is 133 Å². The van der Waals surface area contributed by atoms with Gasteiger partial charge in [-0.2, -0.15) is 11.8 Å². The van der Waals surface area contributed by atoms with E-state index >= 15 is 0 Å². The van der Waals surface area contributed by atoms with Gasteiger partial charge in [0.25, 0.3) is 0 Å². The third-order valence-electron chi connectivity index (χ3n) is 3.86. The van der Waals surface area contributed by atoms with Crippen molar-refractivity contribution in [3.05, 3.63) is 71.8 Å². The van der Waals surface area contributed by atoms with Crippen LogP contribution in [0.5, 0.6) is 0 Å². The lowest BCUT2D eigenvalue weighted by Crippen LogP contribution is -2.34. The third-order valence-corrected chi connectivity index (χ3v) is 5.11. The van der Waals surface area contributed by atoms with Crippen LogP contribution in [0.2, 0.25) is 0 Å². The largest absolute Gasteiger partial charge is 0.314 e. The highest BCUT2D eigenvalue weighted by Gasteiger charge is 2.18. The van der Waals surface area contributed by atoms with Crippen molar-refractivity contribution in [2.45, 2.75) is 24.5 Å². The number of rotatable bonds is 7. The molecule has 0 aliphatic heterocycles. The molecule has 1 nitrogen and oxygen atoms in total. The Balaban J connectivity index is 2.11. The van der Waals surface area contributed by atoms with E-state index in [-0.39, 0.29) is 4.75 Å². The first-order valence-corrected chi connectivity index (χ1v) is 8.70. The van der Waals surface area contributed by atoms with Crippen molar-refractivity contribution in [3.8, 4) is 0 Å². The summed E-state index contributed by atoms with van der Waals surface area (Å²) < 4.78 is 0.276. The van der Waals surface area contributed by atoms with Crippen LogP contribution >= 0.6 is 11.8 Å². The van der Waals surface area contributed by atoms with Gasteiger partial charge in [0.1, 0.15) is 0 Å². The quantitative estimate of drug-likeness (QED) is 0.805. The van der Waals surface area contributed by atoms with Crippen LogP contribution in [0.1, 0.15) is 30.9 Å². The Hall–Kier alpha value is -1.25. The predicted molar refractivity (Wildman–Crippen MR) is 95.2 cm³/mol. The molecule has 2 rings (SSSR count). The van der Waals surface area contributed by atoms with Gasteiger partial charge in [0.15, 0.2) is 0 Å². The fraction of sp³-hybridized carbons (Fsp3) is 0.368. The Bertz CT molecular complexity index is 482. The molecule has 112 valence electrons. The monoisotopic (exact) mass is 299 g/mol. The molecule has 0 spiro atoms. The normalized spacial score (nSPS) is 11.8. The molecule has 2 heteroatoms. The number of thioether (sulfide) groups is 1. The molecule has 0 heterocycles. The van der Waals surface area contributed by atoms with E-state index < -0.39 is 0 Å². The van der Waals surface area contributed by atoms with Crippen LogP contribution in [0.15, 0.2) is 60.7 Å². The zero-order valence-electron chi connectivity index (χ0n) is 13.2. The van der Waals surface area contributed by atoms with Crippen molar-refractivity contribution < 1.29 is 0 Å². The summed E-state index contributed by atoms with van der Waals surface area (Å²) in [6.07, 6.45) is 2.17. The van der Waals surface area contributed by atoms with E-state index in [1.165, 1.54) is 11.1 Å². The number of hydrogen-bond donors (Lipinski definition) is 1. The first kappa shape index (κ1) is 16.1. The predicted octanol–water partition coefficient (Wildman–Crippen LogP) is 4.55. The molecular weight excluding hydrogens is 274 g/mol. The molecule has 0 fully saturated rings. The second kappa shape index (κ2) is 7.67. The Morgan fingerprint density at radius 2 is 1.38 bits per heavy atom. The Morgan fingerprint density at radius 3 is 1.81 bits per heavy atom. The van der Waals surface area contributed by atoms with E-state index in [1.54, 1.807) is 0 Å². The van der Waals surface area contributed by atoms with Gasteiger partial charge in [-0.25, -0.2) is 0 Å². The lowest BCUT2D eigenvalue weighted by Gasteiger charge is -2.25. The van der Waals surface area contributed by atoms with Crippen LogP contribution in [0.3, 0.4) is 0 Å². The Kier molecular flexibility index (Phi) is 5.89. The molecule has 21 heavy (non-hydrogen) atoms. The fourth-order valence-electron chi connectivity index (χ4n) is 2.39. The molecule has 1 N–H and O–H groups in total. The van der Waals surface area contributed by atoms with E-state index in [9.17, 15) is 0 Å². The summed E-state index contributed by atoms with van der Waals surface area (Å²) in [5.41, 5.74) is 2.75. The van der Waals surface area contributed by atoms with Crippen LogP contribution in [0.25, 0.3) is 0 Å². The van der Waals surface area contributed by atoms with Gasteiger partial charge in [-0.1, -0.05) is 60.7 Å². The average molecular weight is 299 g/mol. The summed E-state index contributed by atoms with van der Waals surface area (Å²) in [5.74, 6) is 0.407. The van der Waals surface area contributed by atoms with Gasteiger partial charge >= 0.3 is 0 Å². The summed E-state index contributed by atoms with van der Waals surface area (Å²) in [6, 6.07) is 21.5. The molecule has 2 aromatic carbocycles. The zero-order valence-corrected chi connectivity index (χ0v) is 14.0. The molecule has 0 aliphatic rings. The second-order valence-electron chi connectivity index (χ2n) is 5.97. The highest BCUT2D eigenvalue weighted by Crippen LogP contribution is 2.25. The van der Waals surface area contributed by atoms with Crippen LogP contribution in [0.4, 0.5) is 0 Å². The van der Waals surface area contributed by atoms with Crippen molar-refractivity contribution in [3.63, 3.8) is 0 Å². The van der Waals surface area contributed by atoms with E-state index in [0.29, 0.717) is 5.92 Å². The van der Waals surface area contributed by atoms with E-state index in [2.05, 4.69) is 86.1 Å². The lowest BCUT2D eigenvalue weighted by molar-refractivity contribution is 0.568. The summed E-state index contributed by atoms with van der Waals surface area (Å²) in [7, 11) is 0. The third kappa shape index (κ3) is 4.90. The van der Waals surface area contributed by atoms with Crippen molar-refractivity contribution in [2.75, 3.05) is 19.3 Å². The van der Waals surface area contributed by atoms with Crippen molar-refractivity contribution in [2.24, 2.45) is 0 Å². The van der Waals surface area contributed by atoms with E-state index in [4.69, 9.17) is 0 Å². The van der Waals surface area contributed by atoms with Gasteiger partial charge in [-0.15, -0.1) is 0 Å². The minimum Gasteiger partial charge on any atom is -0.314 e. The maximum absolute atomic E-state index is 3.65. The highest BCUT2D eigenvalue weighted by atomic mass is 32.2. The van der Waals surface area contributed by atoms with Gasteiger partial charge in [0.2, 0.25) is 0 Å². The topological polar surface area (TPSA) is 12.0 Å². The van der Waals surface area contributed by atoms with E-state index in [1.807, 2.05) is 11.8 Å². The van der Waals surface area contributed by atoms with Crippen molar-refractivity contribution in [1.82, 2.24) is 5.32 Å². The first-order valence-electron chi connectivity index (χ1n) is 7.48. The molecule has 0 unspecified atom stereocenters. The van der Waals surface area contributed by atoms with Crippen molar-refractivity contribution in [1.29, 1.82) is 0 Å². The number of nitrogens with one attached hydrogen (secondary N) is 1. The molecular formula is C19H25NS. The molecule has 2 aromatic rings. The van der Waals surface area contributed by atoms with Gasteiger partial charge in [-0.05, 0) is 31.2 Å².